The first-order valence-electron chi connectivity index (χ1n) is 11.3. The van der Waals surface area contributed by atoms with Crippen molar-refractivity contribution in [1.29, 1.82) is 0 Å². The van der Waals surface area contributed by atoms with E-state index in [0.717, 1.165) is 11.3 Å². The Balaban J connectivity index is 1.63. The van der Waals surface area contributed by atoms with Gasteiger partial charge in [-0.1, -0.05) is 12.1 Å². The minimum absolute atomic E-state index is 0.0496. The molecule has 35 heavy (non-hydrogen) atoms. The zero-order chi connectivity index (χ0) is 24.5. The molecule has 0 aliphatic carbocycles. The molecule has 178 valence electrons. The summed E-state index contributed by atoms with van der Waals surface area (Å²) < 4.78 is 11.0. The number of aromatic nitrogens is 1. The van der Waals surface area contributed by atoms with Crippen molar-refractivity contribution in [2.75, 3.05) is 32.2 Å². The SMILES string of the molecule is COc1ccc(C2/C(=C(/O)c3ccc4c(c3)N(C)CCO4)C(=O)C(=O)N2Cc2ccncc2)cc1. The Bertz CT molecular complexity index is 1300. The summed E-state index contributed by atoms with van der Waals surface area (Å²) in [5, 5.41) is 11.4. The van der Waals surface area contributed by atoms with Gasteiger partial charge in [-0.05, 0) is 53.6 Å². The van der Waals surface area contributed by atoms with Crippen LogP contribution in [0.4, 0.5) is 5.69 Å². The van der Waals surface area contributed by atoms with E-state index >= 15 is 0 Å². The highest BCUT2D eigenvalue weighted by molar-refractivity contribution is 6.46. The lowest BCUT2D eigenvalue weighted by molar-refractivity contribution is -0.140. The predicted molar refractivity (Wildman–Crippen MR) is 130 cm³/mol. The lowest BCUT2D eigenvalue weighted by Crippen LogP contribution is -2.29. The van der Waals surface area contributed by atoms with Crippen molar-refractivity contribution in [1.82, 2.24) is 9.88 Å². The van der Waals surface area contributed by atoms with Crippen LogP contribution >= 0.6 is 0 Å². The standard InChI is InChI=1S/C27H25N3O5/c1-29-13-14-35-22-8-5-19(15-21(22)29)25(31)23-24(18-3-6-20(34-2)7-4-18)30(27(33)26(23)32)16-17-9-11-28-12-10-17/h3-12,15,24,31H,13-14,16H2,1-2H3/b25-23-. The number of anilines is 1. The van der Waals surface area contributed by atoms with Crippen molar-refractivity contribution in [2.24, 2.45) is 0 Å². The molecule has 0 spiro atoms. The van der Waals surface area contributed by atoms with Gasteiger partial charge in [-0.3, -0.25) is 14.6 Å². The molecule has 2 aliphatic heterocycles. The highest BCUT2D eigenvalue weighted by Gasteiger charge is 2.46. The number of ether oxygens (including phenoxy) is 2. The molecule has 2 aliphatic rings. The van der Waals surface area contributed by atoms with E-state index in [9.17, 15) is 14.7 Å². The zero-order valence-corrected chi connectivity index (χ0v) is 19.5. The van der Waals surface area contributed by atoms with Gasteiger partial charge in [0, 0.05) is 31.5 Å². The molecule has 0 bridgehead atoms. The molecule has 3 aromatic rings. The Morgan fingerprint density at radius 1 is 1.11 bits per heavy atom. The largest absolute Gasteiger partial charge is 0.507 e. The summed E-state index contributed by atoms with van der Waals surface area (Å²) in [6.45, 7) is 1.48. The van der Waals surface area contributed by atoms with E-state index in [1.807, 2.05) is 11.9 Å². The van der Waals surface area contributed by atoms with Gasteiger partial charge in [0.2, 0.25) is 0 Å². The van der Waals surface area contributed by atoms with Gasteiger partial charge in [0.15, 0.2) is 0 Å². The van der Waals surface area contributed by atoms with Crippen molar-refractivity contribution >= 4 is 23.1 Å². The number of carbonyl (C=O) groups excluding carboxylic acids is 2. The van der Waals surface area contributed by atoms with Crippen LogP contribution in [0.3, 0.4) is 0 Å². The third kappa shape index (κ3) is 4.07. The van der Waals surface area contributed by atoms with Gasteiger partial charge >= 0.3 is 0 Å². The van der Waals surface area contributed by atoms with Crippen LogP contribution < -0.4 is 14.4 Å². The summed E-state index contributed by atoms with van der Waals surface area (Å²) in [7, 11) is 3.51. The summed E-state index contributed by atoms with van der Waals surface area (Å²) in [6.07, 6.45) is 3.28. The molecule has 8 nitrogen and oxygen atoms in total. The van der Waals surface area contributed by atoms with Crippen molar-refractivity contribution in [3.05, 3.63) is 89.3 Å². The summed E-state index contributed by atoms with van der Waals surface area (Å²) in [4.78, 5) is 34.0. The van der Waals surface area contributed by atoms with Crippen molar-refractivity contribution in [3.8, 4) is 11.5 Å². The number of methoxy groups -OCH3 is 1. The Kier molecular flexibility index (Phi) is 5.86. The molecule has 3 heterocycles. The molecule has 2 aromatic carbocycles. The number of likely N-dealkylation sites (N-methyl/N-ethyl adjacent to an activating group) is 1. The average Bonchev–Trinajstić information content (AvgIpc) is 3.14. The van der Waals surface area contributed by atoms with E-state index in [1.54, 1.807) is 74.1 Å². The monoisotopic (exact) mass is 471 g/mol. The Morgan fingerprint density at radius 2 is 1.86 bits per heavy atom. The van der Waals surface area contributed by atoms with Crippen LogP contribution in [0.5, 0.6) is 11.5 Å². The van der Waals surface area contributed by atoms with E-state index in [4.69, 9.17) is 9.47 Å². The van der Waals surface area contributed by atoms with Gasteiger partial charge in [-0.2, -0.15) is 0 Å². The molecule has 1 fully saturated rings. The molecule has 1 atom stereocenters. The number of aliphatic hydroxyl groups is 1. The van der Waals surface area contributed by atoms with E-state index < -0.39 is 17.7 Å². The molecular formula is C27H25N3O5. The molecule has 1 aromatic heterocycles. The summed E-state index contributed by atoms with van der Waals surface area (Å²) in [5.74, 6) is -0.247. The number of amides is 1. The number of rotatable bonds is 5. The van der Waals surface area contributed by atoms with Crippen LogP contribution in [0, 0.1) is 0 Å². The van der Waals surface area contributed by atoms with E-state index in [0.29, 0.717) is 35.8 Å². The normalized spacial score (nSPS) is 18.9. The number of hydrogen-bond donors (Lipinski definition) is 1. The number of pyridine rings is 1. The molecule has 0 saturated carbocycles. The maximum absolute atomic E-state index is 13.3. The first-order valence-corrected chi connectivity index (χ1v) is 11.3. The van der Waals surface area contributed by atoms with E-state index in [1.165, 1.54) is 4.90 Å². The zero-order valence-electron chi connectivity index (χ0n) is 19.5. The minimum Gasteiger partial charge on any atom is -0.507 e. The van der Waals surface area contributed by atoms with Crippen LogP contribution in [-0.4, -0.2) is 54.0 Å². The molecule has 1 amide bonds. The topological polar surface area (TPSA) is 92.2 Å². The van der Waals surface area contributed by atoms with Gasteiger partial charge in [-0.15, -0.1) is 0 Å². The van der Waals surface area contributed by atoms with Gasteiger partial charge in [0.1, 0.15) is 23.9 Å². The van der Waals surface area contributed by atoms with Gasteiger partial charge in [0.05, 0.1) is 31.0 Å². The average molecular weight is 472 g/mol. The Labute approximate surface area is 203 Å². The first-order chi connectivity index (χ1) is 17.0. The van der Waals surface area contributed by atoms with Crippen LogP contribution in [0.2, 0.25) is 0 Å². The highest BCUT2D eigenvalue weighted by Crippen LogP contribution is 2.42. The highest BCUT2D eigenvalue weighted by atomic mass is 16.5. The number of nitrogens with zero attached hydrogens (tertiary/aromatic N) is 3. The van der Waals surface area contributed by atoms with Crippen LogP contribution in [0.15, 0.2) is 72.6 Å². The van der Waals surface area contributed by atoms with Crippen LogP contribution in [0.1, 0.15) is 22.7 Å². The molecule has 1 N–H and O–H groups in total. The molecule has 5 rings (SSSR count). The predicted octanol–water partition coefficient (Wildman–Crippen LogP) is 3.54. The summed E-state index contributed by atoms with van der Waals surface area (Å²) in [6, 6.07) is 15.2. The van der Waals surface area contributed by atoms with Gasteiger partial charge in [0.25, 0.3) is 11.7 Å². The van der Waals surface area contributed by atoms with Crippen molar-refractivity contribution in [2.45, 2.75) is 12.6 Å². The molecule has 8 heteroatoms. The van der Waals surface area contributed by atoms with Crippen LogP contribution in [-0.2, 0) is 16.1 Å². The number of carbonyl (C=O) groups is 2. The van der Waals surface area contributed by atoms with Crippen LogP contribution in [0.25, 0.3) is 5.76 Å². The second kappa shape index (κ2) is 9.13. The van der Waals surface area contributed by atoms with Gasteiger partial charge in [-0.25, -0.2) is 0 Å². The number of fused-ring (bicyclic) bond motifs is 1. The fourth-order valence-electron chi connectivity index (χ4n) is 4.51. The number of aliphatic hydroxyl groups excluding tert-OH is 1. The molecule has 1 unspecified atom stereocenters. The van der Waals surface area contributed by atoms with Gasteiger partial charge < -0.3 is 24.4 Å². The third-order valence-electron chi connectivity index (χ3n) is 6.40. The third-order valence-corrected chi connectivity index (χ3v) is 6.40. The maximum atomic E-state index is 13.3. The molecular weight excluding hydrogens is 446 g/mol. The Morgan fingerprint density at radius 3 is 2.57 bits per heavy atom. The fraction of sp³-hybridized carbons (Fsp3) is 0.222. The lowest BCUT2D eigenvalue weighted by atomic mass is 9.94. The second-order valence-corrected chi connectivity index (χ2v) is 8.51. The lowest BCUT2D eigenvalue weighted by Gasteiger charge is -2.28. The second-order valence-electron chi connectivity index (χ2n) is 8.51. The molecule has 0 radical (unpaired) electrons. The minimum atomic E-state index is -0.765. The number of ketones is 1. The van der Waals surface area contributed by atoms with E-state index in [-0.39, 0.29) is 17.9 Å². The summed E-state index contributed by atoms with van der Waals surface area (Å²) in [5.41, 5.74) is 2.83. The number of likely N-dealkylation sites (tertiary alicyclic amines) is 1. The first kappa shape index (κ1) is 22.5. The smallest absolute Gasteiger partial charge is 0.295 e. The fourth-order valence-corrected chi connectivity index (χ4v) is 4.51. The number of Topliss-reactive ketones (excluding diaryl/α,β-unsaturated/α-hetero) is 1. The van der Waals surface area contributed by atoms with Crippen molar-refractivity contribution in [3.63, 3.8) is 0 Å². The molecule has 1 saturated heterocycles. The Hall–Kier alpha value is -4.33. The van der Waals surface area contributed by atoms with Crippen molar-refractivity contribution < 1.29 is 24.2 Å². The van der Waals surface area contributed by atoms with E-state index in [2.05, 4.69) is 4.98 Å². The quantitative estimate of drug-likeness (QED) is 0.346. The number of hydrogen-bond acceptors (Lipinski definition) is 7. The maximum Gasteiger partial charge on any atom is 0.295 e. The summed E-state index contributed by atoms with van der Waals surface area (Å²) >= 11 is 0. The number of benzene rings is 2.